The van der Waals surface area contributed by atoms with Gasteiger partial charge in [-0.1, -0.05) is 25.2 Å². The van der Waals surface area contributed by atoms with E-state index in [-0.39, 0.29) is 29.7 Å². The fourth-order valence-corrected chi connectivity index (χ4v) is 3.84. The van der Waals surface area contributed by atoms with Crippen LogP contribution in [0.1, 0.15) is 64.8 Å². The summed E-state index contributed by atoms with van der Waals surface area (Å²) in [6.07, 6.45) is 2.29. The van der Waals surface area contributed by atoms with Crippen LogP contribution in [-0.2, 0) is 9.59 Å². The minimum absolute atomic E-state index is 0.0348. The maximum absolute atomic E-state index is 12.4. The molecule has 0 radical (unpaired) electrons. The number of aromatic nitrogens is 2. The summed E-state index contributed by atoms with van der Waals surface area (Å²) >= 11 is 1.43. The van der Waals surface area contributed by atoms with Gasteiger partial charge in [-0.05, 0) is 33.6 Å². The quantitative estimate of drug-likeness (QED) is 0.895. The highest BCUT2D eigenvalue weighted by Gasteiger charge is 2.39. The first-order chi connectivity index (χ1) is 10.8. The molecule has 0 aromatic carbocycles. The van der Waals surface area contributed by atoms with Gasteiger partial charge in [0.1, 0.15) is 5.01 Å². The normalized spacial score (nSPS) is 18.8. The molecule has 7 heteroatoms. The fraction of sp³-hybridized carbons (Fsp3) is 0.750. The number of nitrogens with zero attached hydrogens (tertiary/aromatic N) is 3. The lowest BCUT2D eigenvalue weighted by atomic mass is 10.1. The van der Waals surface area contributed by atoms with Crippen molar-refractivity contribution >= 4 is 28.3 Å². The highest BCUT2D eigenvalue weighted by atomic mass is 32.1. The molecule has 1 atom stereocenters. The molecule has 23 heavy (non-hydrogen) atoms. The number of rotatable bonds is 5. The minimum atomic E-state index is -0.317. The lowest BCUT2D eigenvalue weighted by Gasteiger charge is -2.31. The molecule has 1 N–H and O–H groups in total. The number of hydrogen-bond acceptors (Lipinski definition) is 5. The summed E-state index contributed by atoms with van der Waals surface area (Å²) in [6.45, 7) is 10.7. The van der Waals surface area contributed by atoms with E-state index < -0.39 is 0 Å². The van der Waals surface area contributed by atoms with Crippen LogP contribution in [0.25, 0.3) is 0 Å². The second-order valence-corrected chi connectivity index (χ2v) is 8.03. The number of nitrogens with one attached hydrogen (secondary N) is 1. The van der Waals surface area contributed by atoms with Crippen LogP contribution in [0.3, 0.4) is 0 Å². The number of hydrogen-bond donors (Lipinski definition) is 1. The van der Waals surface area contributed by atoms with E-state index in [4.69, 9.17) is 0 Å². The molecule has 2 amide bonds. The van der Waals surface area contributed by atoms with Gasteiger partial charge >= 0.3 is 0 Å². The van der Waals surface area contributed by atoms with Crippen LogP contribution in [0, 0.1) is 5.92 Å². The first kappa shape index (κ1) is 17.8. The molecular formula is C16H26N4O2S. The van der Waals surface area contributed by atoms with Crippen molar-refractivity contribution in [2.24, 2.45) is 5.92 Å². The van der Waals surface area contributed by atoms with Crippen molar-refractivity contribution < 1.29 is 9.59 Å². The Hall–Kier alpha value is -1.50. The van der Waals surface area contributed by atoms with Crippen molar-refractivity contribution in [3.63, 3.8) is 0 Å². The largest absolute Gasteiger partial charge is 0.337 e. The van der Waals surface area contributed by atoms with Crippen LogP contribution >= 0.6 is 11.3 Å². The molecule has 2 heterocycles. The van der Waals surface area contributed by atoms with E-state index in [1.165, 1.54) is 11.3 Å². The molecular weight excluding hydrogens is 312 g/mol. The molecule has 0 spiro atoms. The topological polar surface area (TPSA) is 75.2 Å². The Morgan fingerprint density at radius 2 is 2.00 bits per heavy atom. The van der Waals surface area contributed by atoms with Crippen LogP contribution < -0.4 is 5.32 Å². The molecule has 6 nitrogen and oxygen atoms in total. The first-order valence-electron chi connectivity index (χ1n) is 8.21. The smallest absolute Gasteiger partial charge is 0.231 e. The molecule has 1 fully saturated rings. The van der Waals surface area contributed by atoms with Gasteiger partial charge in [-0.3, -0.25) is 9.59 Å². The van der Waals surface area contributed by atoms with E-state index in [2.05, 4.69) is 29.4 Å². The van der Waals surface area contributed by atoms with Gasteiger partial charge in [0.15, 0.2) is 0 Å². The van der Waals surface area contributed by atoms with Crippen molar-refractivity contribution in [1.29, 1.82) is 0 Å². The second-order valence-electron chi connectivity index (χ2n) is 7.02. The molecule has 0 unspecified atom stereocenters. The molecule has 0 saturated carbocycles. The number of likely N-dealkylation sites (tertiary alicyclic amines) is 1. The summed E-state index contributed by atoms with van der Waals surface area (Å²) in [5.41, 5.74) is -0.252. The van der Waals surface area contributed by atoms with Gasteiger partial charge in [-0.2, -0.15) is 0 Å². The monoisotopic (exact) mass is 338 g/mol. The molecule has 1 aromatic rings. The summed E-state index contributed by atoms with van der Waals surface area (Å²) in [5, 5.41) is 12.6. The van der Waals surface area contributed by atoms with Gasteiger partial charge in [0.25, 0.3) is 0 Å². The molecule has 0 bridgehead atoms. The SMILES string of the molecule is CCC(CC)c1nnc(NC(=O)[C@H]2CC(=O)N(C(C)(C)C)C2)s1. The molecule has 1 saturated heterocycles. The molecule has 128 valence electrons. The zero-order valence-corrected chi connectivity index (χ0v) is 15.4. The van der Waals surface area contributed by atoms with E-state index in [1.807, 2.05) is 20.8 Å². The Balaban J connectivity index is 1.99. The third kappa shape index (κ3) is 4.07. The van der Waals surface area contributed by atoms with Gasteiger partial charge < -0.3 is 10.2 Å². The Bertz CT molecular complexity index is 575. The van der Waals surface area contributed by atoms with Gasteiger partial charge in [0, 0.05) is 24.4 Å². The molecule has 1 aliphatic rings. The summed E-state index contributed by atoms with van der Waals surface area (Å²) < 4.78 is 0. The van der Waals surface area contributed by atoms with Crippen molar-refractivity contribution in [3.05, 3.63) is 5.01 Å². The maximum Gasteiger partial charge on any atom is 0.231 e. The number of carbonyl (C=O) groups is 2. The molecule has 0 aliphatic carbocycles. The number of carbonyl (C=O) groups excluding carboxylic acids is 2. The summed E-state index contributed by atoms with van der Waals surface area (Å²) in [7, 11) is 0. The minimum Gasteiger partial charge on any atom is -0.337 e. The van der Waals surface area contributed by atoms with Crippen LogP contribution in [-0.4, -0.2) is 39.0 Å². The lowest BCUT2D eigenvalue weighted by molar-refractivity contribution is -0.131. The van der Waals surface area contributed by atoms with Crippen LogP contribution in [0.4, 0.5) is 5.13 Å². The first-order valence-corrected chi connectivity index (χ1v) is 9.02. The van der Waals surface area contributed by atoms with Crippen LogP contribution in [0.5, 0.6) is 0 Å². The van der Waals surface area contributed by atoms with Crippen molar-refractivity contribution in [2.75, 3.05) is 11.9 Å². The van der Waals surface area contributed by atoms with E-state index >= 15 is 0 Å². The number of amides is 2. The third-order valence-electron chi connectivity index (χ3n) is 4.31. The highest BCUT2D eigenvalue weighted by Crippen LogP contribution is 2.30. The van der Waals surface area contributed by atoms with E-state index in [9.17, 15) is 9.59 Å². The Morgan fingerprint density at radius 1 is 1.35 bits per heavy atom. The van der Waals surface area contributed by atoms with Crippen LogP contribution in [0.2, 0.25) is 0 Å². The zero-order chi connectivity index (χ0) is 17.2. The number of anilines is 1. The molecule has 2 rings (SSSR count). The van der Waals surface area contributed by atoms with Gasteiger partial charge in [-0.25, -0.2) is 0 Å². The van der Waals surface area contributed by atoms with Gasteiger partial charge in [-0.15, -0.1) is 10.2 Å². The van der Waals surface area contributed by atoms with Crippen molar-refractivity contribution in [3.8, 4) is 0 Å². The third-order valence-corrected chi connectivity index (χ3v) is 5.31. The summed E-state index contributed by atoms with van der Waals surface area (Å²) in [6, 6.07) is 0. The predicted molar refractivity (Wildman–Crippen MR) is 91.4 cm³/mol. The van der Waals surface area contributed by atoms with Crippen LogP contribution in [0.15, 0.2) is 0 Å². The standard InChI is InChI=1S/C16H26N4O2S/c1-6-10(7-2)14-18-19-15(23-14)17-13(22)11-8-12(21)20(9-11)16(3,4)5/h10-11H,6-9H2,1-5H3,(H,17,19,22)/t11-/m0/s1. The average Bonchev–Trinajstić information content (AvgIpc) is 3.07. The van der Waals surface area contributed by atoms with E-state index in [0.29, 0.717) is 17.6 Å². The van der Waals surface area contributed by atoms with Gasteiger partial charge in [0.2, 0.25) is 16.9 Å². The second kappa shape index (κ2) is 6.95. The molecule has 1 aliphatic heterocycles. The van der Waals surface area contributed by atoms with Crippen molar-refractivity contribution in [2.45, 2.75) is 65.3 Å². The highest BCUT2D eigenvalue weighted by molar-refractivity contribution is 7.15. The average molecular weight is 338 g/mol. The zero-order valence-electron chi connectivity index (χ0n) is 14.5. The fourth-order valence-electron chi connectivity index (χ4n) is 2.83. The molecule has 1 aromatic heterocycles. The Labute approximate surface area is 141 Å². The van der Waals surface area contributed by atoms with E-state index in [1.54, 1.807) is 4.90 Å². The Morgan fingerprint density at radius 3 is 2.52 bits per heavy atom. The lowest BCUT2D eigenvalue weighted by Crippen LogP contribution is -2.42. The van der Waals surface area contributed by atoms with Crippen molar-refractivity contribution in [1.82, 2.24) is 15.1 Å². The summed E-state index contributed by atoms with van der Waals surface area (Å²) in [4.78, 5) is 26.3. The summed E-state index contributed by atoms with van der Waals surface area (Å²) in [5.74, 6) is -0.0326. The van der Waals surface area contributed by atoms with Gasteiger partial charge in [0.05, 0.1) is 5.92 Å². The maximum atomic E-state index is 12.4. The van der Waals surface area contributed by atoms with E-state index in [0.717, 1.165) is 17.8 Å². The predicted octanol–water partition coefficient (Wildman–Crippen LogP) is 3.03. The Kier molecular flexibility index (Phi) is 5.39.